The summed E-state index contributed by atoms with van der Waals surface area (Å²) in [5.74, 6) is 0.914. The van der Waals surface area contributed by atoms with Gasteiger partial charge in [0.1, 0.15) is 11.6 Å². The average Bonchev–Trinajstić information content (AvgIpc) is 3.28. The third-order valence-corrected chi connectivity index (χ3v) is 6.41. The van der Waals surface area contributed by atoms with Gasteiger partial charge < -0.3 is 9.64 Å². The van der Waals surface area contributed by atoms with E-state index in [1.165, 1.54) is 23.3 Å². The van der Waals surface area contributed by atoms with E-state index in [1.807, 2.05) is 36.1 Å². The van der Waals surface area contributed by atoms with Crippen LogP contribution in [0.2, 0.25) is 0 Å². The average molecular weight is 460 g/mol. The van der Waals surface area contributed by atoms with Crippen molar-refractivity contribution >= 4 is 17.4 Å². The number of carbonyl (C=O) groups excluding carboxylic acids is 1. The Labute approximate surface area is 195 Å². The molecule has 4 aromatic rings. The molecule has 7 heteroatoms. The maximum absolute atomic E-state index is 13.2. The van der Waals surface area contributed by atoms with Gasteiger partial charge in [-0.1, -0.05) is 42.5 Å². The summed E-state index contributed by atoms with van der Waals surface area (Å²) < 4.78 is 23.5. The van der Waals surface area contributed by atoms with Crippen molar-refractivity contribution in [1.29, 1.82) is 0 Å². The molecule has 166 valence electrons. The molecule has 0 atom stereocenters. The molecule has 5 rings (SSSR count). The van der Waals surface area contributed by atoms with Crippen molar-refractivity contribution in [3.63, 3.8) is 0 Å². The van der Waals surface area contributed by atoms with Crippen molar-refractivity contribution in [3.05, 3.63) is 106 Å². The highest BCUT2D eigenvalue weighted by atomic mass is 32.1. The van der Waals surface area contributed by atoms with Gasteiger partial charge in [-0.15, -0.1) is 0 Å². The van der Waals surface area contributed by atoms with E-state index in [0.717, 1.165) is 29.1 Å². The maximum atomic E-state index is 13.2. The normalized spacial score (nSPS) is 13.0. The van der Waals surface area contributed by atoms with Gasteiger partial charge in [0.05, 0.1) is 0 Å². The van der Waals surface area contributed by atoms with Crippen molar-refractivity contribution in [1.82, 2.24) is 14.3 Å². The number of rotatable bonds is 5. The van der Waals surface area contributed by atoms with Crippen LogP contribution in [0.4, 0.5) is 4.39 Å². The van der Waals surface area contributed by atoms with Crippen LogP contribution in [0.25, 0.3) is 0 Å². The molecule has 3 aromatic carbocycles. The van der Waals surface area contributed by atoms with E-state index in [0.29, 0.717) is 41.8 Å². The maximum Gasteiger partial charge on any atom is 0.298 e. The molecule has 2 heterocycles. The van der Waals surface area contributed by atoms with E-state index in [4.69, 9.17) is 4.74 Å². The zero-order valence-corrected chi connectivity index (χ0v) is 18.9. The number of amides is 1. The SMILES string of the molecule is Cc1ccc(C(=O)N2CCc3ccccc3C2)cc1Oc1nc(Cc2ccc(F)cc2)ns1. The van der Waals surface area contributed by atoms with Crippen molar-refractivity contribution < 1.29 is 13.9 Å². The van der Waals surface area contributed by atoms with E-state index in [2.05, 4.69) is 21.5 Å². The number of fused-ring (bicyclic) bond motifs is 1. The third-order valence-electron chi connectivity index (χ3n) is 5.78. The molecule has 1 aliphatic heterocycles. The Morgan fingerprint density at radius 3 is 2.70 bits per heavy atom. The molecule has 0 saturated carbocycles. The van der Waals surface area contributed by atoms with Crippen LogP contribution in [0.15, 0.2) is 66.7 Å². The van der Waals surface area contributed by atoms with Crippen LogP contribution >= 0.6 is 11.5 Å². The molecule has 1 amide bonds. The fraction of sp³-hybridized carbons (Fsp3) is 0.192. The molecule has 0 spiro atoms. The number of halogens is 1. The first kappa shape index (κ1) is 21.3. The topological polar surface area (TPSA) is 55.3 Å². The van der Waals surface area contributed by atoms with Crippen LogP contribution in [0.5, 0.6) is 10.9 Å². The van der Waals surface area contributed by atoms with Crippen LogP contribution in [-0.4, -0.2) is 26.7 Å². The Hall–Kier alpha value is -3.58. The molecular weight excluding hydrogens is 437 g/mol. The second-order valence-electron chi connectivity index (χ2n) is 8.11. The number of nitrogens with zero attached hydrogens (tertiary/aromatic N) is 3. The molecular formula is C26H22FN3O2S. The summed E-state index contributed by atoms with van der Waals surface area (Å²) in [5, 5.41) is 0.409. The summed E-state index contributed by atoms with van der Waals surface area (Å²) in [7, 11) is 0. The lowest BCUT2D eigenvalue weighted by atomic mass is 9.99. The number of aryl methyl sites for hydroxylation is 1. The summed E-state index contributed by atoms with van der Waals surface area (Å²) >= 11 is 1.16. The number of carbonyl (C=O) groups is 1. The molecule has 0 radical (unpaired) electrons. The van der Waals surface area contributed by atoms with Gasteiger partial charge in [0, 0.05) is 36.6 Å². The Morgan fingerprint density at radius 1 is 1.09 bits per heavy atom. The van der Waals surface area contributed by atoms with E-state index in [-0.39, 0.29) is 11.7 Å². The zero-order chi connectivity index (χ0) is 22.8. The molecule has 5 nitrogen and oxygen atoms in total. The van der Waals surface area contributed by atoms with Gasteiger partial charge in [-0.3, -0.25) is 4.79 Å². The zero-order valence-electron chi connectivity index (χ0n) is 18.1. The van der Waals surface area contributed by atoms with Gasteiger partial charge in [0.25, 0.3) is 11.1 Å². The van der Waals surface area contributed by atoms with Crippen molar-refractivity contribution in [2.45, 2.75) is 26.3 Å². The van der Waals surface area contributed by atoms with Crippen molar-refractivity contribution in [2.75, 3.05) is 6.54 Å². The van der Waals surface area contributed by atoms with Crippen LogP contribution in [-0.2, 0) is 19.4 Å². The molecule has 1 aromatic heterocycles. The fourth-order valence-electron chi connectivity index (χ4n) is 3.92. The minimum Gasteiger partial charge on any atom is -0.430 e. The molecule has 0 N–H and O–H groups in total. The molecule has 0 unspecified atom stereocenters. The Balaban J connectivity index is 1.30. The summed E-state index contributed by atoms with van der Waals surface area (Å²) in [6, 6.07) is 20.0. The van der Waals surface area contributed by atoms with Crippen LogP contribution in [0.1, 0.15) is 38.4 Å². The summed E-state index contributed by atoms with van der Waals surface area (Å²) in [5.41, 5.74) is 4.93. The molecule has 1 aliphatic rings. The van der Waals surface area contributed by atoms with Gasteiger partial charge >= 0.3 is 0 Å². The first-order valence-corrected chi connectivity index (χ1v) is 11.5. The van der Waals surface area contributed by atoms with Crippen molar-refractivity contribution in [2.24, 2.45) is 0 Å². The summed E-state index contributed by atoms with van der Waals surface area (Å²) in [4.78, 5) is 19.5. The lowest BCUT2D eigenvalue weighted by molar-refractivity contribution is 0.0734. The van der Waals surface area contributed by atoms with Gasteiger partial charge in [-0.25, -0.2) is 4.39 Å². The van der Waals surface area contributed by atoms with Gasteiger partial charge in [0.2, 0.25) is 0 Å². The van der Waals surface area contributed by atoms with Crippen LogP contribution in [0, 0.1) is 12.7 Å². The predicted molar refractivity (Wildman–Crippen MR) is 125 cm³/mol. The second-order valence-corrected chi connectivity index (χ2v) is 8.82. The van der Waals surface area contributed by atoms with Gasteiger partial charge in [0.15, 0.2) is 5.82 Å². The highest BCUT2D eigenvalue weighted by molar-refractivity contribution is 7.07. The molecule has 0 aliphatic carbocycles. The fourth-order valence-corrected chi connectivity index (χ4v) is 4.49. The third kappa shape index (κ3) is 4.78. The lowest BCUT2D eigenvalue weighted by Crippen LogP contribution is -2.35. The van der Waals surface area contributed by atoms with E-state index in [1.54, 1.807) is 18.2 Å². The Bertz CT molecular complexity index is 1300. The number of hydrogen-bond donors (Lipinski definition) is 0. The first-order chi connectivity index (χ1) is 16.0. The summed E-state index contributed by atoms with van der Waals surface area (Å²) in [6.07, 6.45) is 1.35. The van der Waals surface area contributed by atoms with Crippen LogP contribution in [0.3, 0.4) is 0 Å². The number of ether oxygens (including phenoxy) is 1. The minimum atomic E-state index is -0.271. The Kier molecular flexibility index (Phi) is 5.88. The quantitative estimate of drug-likeness (QED) is 0.392. The monoisotopic (exact) mass is 459 g/mol. The highest BCUT2D eigenvalue weighted by Crippen LogP contribution is 2.29. The van der Waals surface area contributed by atoms with Crippen LogP contribution < -0.4 is 4.74 Å². The smallest absolute Gasteiger partial charge is 0.298 e. The molecule has 0 saturated heterocycles. The largest absolute Gasteiger partial charge is 0.430 e. The predicted octanol–water partition coefficient (Wildman–Crippen LogP) is 5.57. The van der Waals surface area contributed by atoms with E-state index < -0.39 is 0 Å². The lowest BCUT2D eigenvalue weighted by Gasteiger charge is -2.29. The number of hydrogen-bond acceptors (Lipinski definition) is 5. The van der Waals surface area contributed by atoms with Gasteiger partial charge in [-0.2, -0.15) is 9.36 Å². The standard InChI is InChI=1S/C26H22FN3O2S/c1-17-6-9-20(25(31)30-13-12-19-4-2-3-5-21(19)16-30)15-23(17)32-26-28-24(29-33-26)14-18-7-10-22(27)11-8-18/h2-11,15H,12-14,16H2,1H3. The molecule has 0 fully saturated rings. The van der Waals surface area contributed by atoms with Gasteiger partial charge in [-0.05, 0) is 59.9 Å². The summed E-state index contributed by atoms with van der Waals surface area (Å²) in [6.45, 7) is 3.24. The molecule has 33 heavy (non-hydrogen) atoms. The Morgan fingerprint density at radius 2 is 1.88 bits per heavy atom. The highest BCUT2D eigenvalue weighted by Gasteiger charge is 2.22. The first-order valence-electron chi connectivity index (χ1n) is 10.8. The minimum absolute atomic E-state index is 0.0105. The molecule has 0 bridgehead atoms. The van der Waals surface area contributed by atoms with E-state index >= 15 is 0 Å². The van der Waals surface area contributed by atoms with Crippen molar-refractivity contribution in [3.8, 4) is 10.9 Å². The van der Waals surface area contributed by atoms with E-state index in [9.17, 15) is 9.18 Å². The number of benzene rings is 3. The number of aromatic nitrogens is 2. The second kappa shape index (κ2) is 9.11.